The molecule has 5 rings (SSSR count). The molecule has 0 saturated heterocycles. The first-order chi connectivity index (χ1) is 18.4. The number of phenols is 1. The van der Waals surface area contributed by atoms with Crippen LogP contribution in [0.25, 0.3) is 0 Å². The Bertz CT molecular complexity index is 1370. The van der Waals surface area contributed by atoms with Gasteiger partial charge in [-0.05, 0) is 42.6 Å². The summed E-state index contributed by atoms with van der Waals surface area (Å²) in [4.78, 5) is 68.8. The number of aromatic hydroxyl groups is 1. The first-order valence-corrected chi connectivity index (χ1v) is 14.4. The molecule has 0 radical (unpaired) electrons. The fourth-order valence-corrected chi connectivity index (χ4v) is 9.27. The zero-order chi connectivity index (χ0) is 29.9. The van der Waals surface area contributed by atoms with Crippen LogP contribution in [0.2, 0.25) is 0 Å². The minimum atomic E-state index is -2.95. The van der Waals surface area contributed by atoms with Gasteiger partial charge >= 0.3 is 0 Å². The largest absolute Gasteiger partial charge is 0.507 e. The standard InChI is InChI=1S/C32H40O8/c1-14(2)21-24(35)19(16(4)33)26(37)32(40)27(38)22-25(36)20-17(15(3)30(22,6)28(39)31(21,32)7)10-11-18(23(20)34)29(5)12-8-9-13-29/h10-11,14-15,19,21-22,28,34,39-40H,8-9,12-13H2,1-7H3/t15-,19?,21?,22?,28-,30+,31+,32+/m1/s1. The second-order valence-electron chi connectivity index (χ2n) is 13.9. The minimum absolute atomic E-state index is 0.0174. The lowest BCUT2D eigenvalue weighted by atomic mass is 9.37. The molecule has 3 unspecified atom stereocenters. The van der Waals surface area contributed by atoms with Crippen LogP contribution in [0.15, 0.2) is 12.1 Å². The van der Waals surface area contributed by atoms with Crippen LogP contribution in [-0.4, -0.2) is 55.9 Å². The van der Waals surface area contributed by atoms with E-state index in [1.54, 1.807) is 33.8 Å². The number of hydrogen-bond acceptors (Lipinski definition) is 8. The summed E-state index contributed by atoms with van der Waals surface area (Å²) in [6, 6.07) is 3.60. The van der Waals surface area contributed by atoms with Crippen molar-refractivity contribution >= 4 is 28.9 Å². The molecule has 0 aromatic heterocycles. The van der Waals surface area contributed by atoms with E-state index in [1.165, 1.54) is 6.92 Å². The predicted octanol–water partition coefficient (Wildman–Crippen LogP) is 3.46. The summed E-state index contributed by atoms with van der Waals surface area (Å²) in [5.41, 5.74) is -5.71. The lowest BCUT2D eigenvalue weighted by Gasteiger charge is -2.65. The van der Waals surface area contributed by atoms with Crippen molar-refractivity contribution in [1.29, 1.82) is 0 Å². The van der Waals surface area contributed by atoms with E-state index in [0.717, 1.165) is 32.6 Å². The summed E-state index contributed by atoms with van der Waals surface area (Å²) in [7, 11) is 0. The van der Waals surface area contributed by atoms with Crippen molar-refractivity contribution in [2.45, 2.75) is 97.2 Å². The molecule has 8 atom stereocenters. The number of fused-ring (bicyclic) bond motifs is 3. The van der Waals surface area contributed by atoms with Crippen LogP contribution in [-0.2, 0) is 24.6 Å². The highest BCUT2D eigenvalue weighted by Gasteiger charge is 2.80. The van der Waals surface area contributed by atoms with Gasteiger partial charge in [-0.1, -0.05) is 66.5 Å². The molecular formula is C32H40O8. The van der Waals surface area contributed by atoms with Crippen LogP contribution in [0.3, 0.4) is 0 Å². The van der Waals surface area contributed by atoms with Crippen LogP contribution in [0.5, 0.6) is 5.75 Å². The monoisotopic (exact) mass is 552 g/mol. The third-order valence-electron chi connectivity index (χ3n) is 11.6. The third-order valence-corrected chi connectivity index (χ3v) is 11.6. The molecule has 3 saturated carbocycles. The quantitative estimate of drug-likeness (QED) is 0.483. The summed E-state index contributed by atoms with van der Waals surface area (Å²) < 4.78 is 0. The Morgan fingerprint density at radius 2 is 1.57 bits per heavy atom. The Labute approximate surface area is 234 Å². The van der Waals surface area contributed by atoms with Gasteiger partial charge in [-0.2, -0.15) is 0 Å². The average Bonchev–Trinajstić information content (AvgIpc) is 3.31. The SMILES string of the molecule is CC(=O)C1C(=O)C(C(C)C)[C@@]2(C)[C@H](O)[C@]3(C)C(C(=O)c4c(ccc(C5(C)CCCC5)c4O)[C@H]3C)C(=O)[C@@]2(O)C1=O. The fourth-order valence-electron chi connectivity index (χ4n) is 9.27. The third kappa shape index (κ3) is 3.07. The molecule has 4 aliphatic carbocycles. The maximum absolute atomic E-state index is 14.5. The second-order valence-corrected chi connectivity index (χ2v) is 13.9. The highest BCUT2D eigenvalue weighted by molar-refractivity contribution is 6.33. The molecule has 0 bridgehead atoms. The molecule has 0 amide bonds. The minimum Gasteiger partial charge on any atom is -0.507 e. The summed E-state index contributed by atoms with van der Waals surface area (Å²) in [6.07, 6.45) is 2.01. The topological polar surface area (TPSA) is 146 Å². The van der Waals surface area contributed by atoms with Gasteiger partial charge < -0.3 is 15.3 Å². The van der Waals surface area contributed by atoms with Gasteiger partial charge in [-0.25, -0.2) is 0 Å². The molecule has 8 heteroatoms. The van der Waals surface area contributed by atoms with Crippen LogP contribution >= 0.6 is 0 Å². The van der Waals surface area contributed by atoms with E-state index in [2.05, 4.69) is 0 Å². The van der Waals surface area contributed by atoms with E-state index in [4.69, 9.17) is 0 Å². The van der Waals surface area contributed by atoms with Gasteiger partial charge in [0.15, 0.2) is 28.7 Å². The van der Waals surface area contributed by atoms with E-state index < -0.39 is 81.0 Å². The highest BCUT2D eigenvalue weighted by Crippen LogP contribution is 2.66. The van der Waals surface area contributed by atoms with Crippen molar-refractivity contribution in [3.63, 3.8) is 0 Å². The van der Waals surface area contributed by atoms with Crippen LogP contribution < -0.4 is 0 Å². The maximum atomic E-state index is 14.5. The first-order valence-electron chi connectivity index (χ1n) is 14.4. The molecule has 1 aromatic rings. The molecular weight excluding hydrogens is 512 g/mol. The Balaban J connectivity index is 1.78. The van der Waals surface area contributed by atoms with Gasteiger partial charge in [-0.3, -0.25) is 24.0 Å². The Kier molecular flexibility index (Phi) is 6.23. The van der Waals surface area contributed by atoms with E-state index in [0.29, 0.717) is 11.1 Å². The zero-order valence-corrected chi connectivity index (χ0v) is 24.3. The van der Waals surface area contributed by atoms with E-state index in [-0.39, 0.29) is 16.7 Å². The lowest BCUT2D eigenvalue weighted by molar-refractivity contribution is -0.240. The second kappa shape index (κ2) is 8.65. The van der Waals surface area contributed by atoms with Crippen molar-refractivity contribution < 1.29 is 39.3 Å². The van der Waals surface area contributed by atoms with Gasteiger partial charge in [-0.15, -0.1) is 0 Å². The number of aliphatic hydroxyl groups excluding tert-OH is 1. The summed E-state index contributed by atoms with van der Waals surface area (Å²) in [6.45, 7) is 11.2. The molecule has 216 valence electrons. The maximum Gasteiger partial charge on any atom is 0.191 e. The number of carbonyl (C=O) groups is 5. The number of benzene rings is 1. The lowest BCUT2D eigenvalue weighted by Crippen LogP contribution is -2.81. The molecule has 0 spiro atoms. The first kappa shape index (κ1) is 28.8. The Hall–Kier alpha value is -2.71. The van der Waals surface area contributed by atoms with Crippen molar-refractivity contribution in [2.24, 2.45) is 34.5 Å². The van der Waals surface area contributed by atoms with E-state index >= 15 is 0 Å². The Morgan fingerprint density at radius 1 is 1.00 bits per heavy atom. The Morgan fingerprint density at radius 3 is 2.10 bits per heavy atom. The van der Waals surface area contributed by atoms with Gasteiger partial charge in [0.1, 0.15) is 17.5 Å². The number of phenolic OH excluding ortho intramolecular Hbond substituents is 1. The molecule has 3 N–H and O–H groups in total. The molecule has 4 aliphatic rings. The van der Waals surface area contributed by atoms with Crippen LogP contribution in [0.1, 0.15) is 102 Å². The van der Waals surface area contributed by atoms with Gasteiger partial charge in [0.25, 0.3) is 0 Å². The number of carbonyl (C=O) groups excluding carboxylic acids is 5. The highest BCUT2D eigenvalue weighted by atomic mass is 16.3. The number of Topliss-reactive ketones (excluding diaryl/α,β-unsaturated/α-hetero) is 5. The molecule has 0 aliphatic heterocycles. The number of rotatable bonds is 3. The van der Waals surface area contributed by atoms with Gasteiger partial charge in [0.2, 0.25) is 0 Å². The van der Waals surface area contributed by atoms with Gasteiger partial charge in [0.05, 0.1) is 17.6 Å². The van der Waals surface area contributed by atoms with Crippen molar-refractivity contribution in [1.82, 2.24) is 0 Å². The summed E-state index contributed by atoms with van der Waals surface area (Å²) >= 11 is 0. The summed E-state index contributed by atoms with van der Waals surface area (Å²) in [5, 5.41) is 35.9. The summed E-state index contributed by atoms with van der Waals surface area (Å²) in [5.74, 6) is -10.8. The molecule has 1 aromatic carbocycles. The molecule has 40 heavy (non-hydrogen) atoms. The van der Waals surface area contributed by atoms with Crippen LogP contribution in [0, 0.1) is 34.5 Å². The van der Waals surface area contributed by atoms with Crippen LogP contribution in [0.4, 0.5) is 0 Å². The molecule has 3 fully saturated rings. The van der Waals surface area contributed by atoms with E-state index in [9.17, 15) is 39.3 Å². The average molecular weight is 553 g/mol. The number of aliphatic hydroxyl groups is 2. The molecule has 8 nitrogen and oxygen atoms in total. The fraction of sp³-hybridized carbons (Fsp3) is 0.656. The van der Waals surface area contributed by atoms with Crippen molar-refractivity contribution in [3.8, 4) is 5.75 Å². The predicted molar refractivity (Wildman–Crippen MR) is 145 cm³/mol. The number of hydrogen-bond donors (Lipinski definition) is 3. The van der Waals surface area contributed by atoms with Gasteiger partial charge in [0, 0.05) is 22.3 Å². The van der Waals surface area contributed by atoms with E-state index in [1.807, 2.05) is 13.0 Å². The number of ketones is 5. The van der Waals surface area contributed by atoms with Crippen molar-refractivity contribution in [3.05, 3.63) is 28.8 Å². The smallest absolute Gasteiger partial charge is 0.191 e. The van der Waals surface area contributed by atoms with Crippen molar-refractivity contribution in [2.75, 3.05) is 0 Å². The zero-order valence-electron chi connectivity index (χ0n) is 24.3. The molecule has 0 heterocycles. The normalized spacial score (nSPS) is 40.6.